The minimum absolute atomic E-state index is 0.0127. The summed E-state index contributed by atoms with van der Waals surface area (Å²) in [4.78, 5) is 11.2. The molecule has 3 nitrogen and oxygen atoms in total. The highest BCUT2D eigenvalue weighted by atomic mass is 127. The molecule has 0 spiro atoms. The summed E-state index contributed by atoms with van der Waals surface area (Å²) in [5.41, 5.74) is 0.0956. The average molecular weight is 305 g/mol. The van der Waals surface area contributed by atoms with E-state index in [9.17, 15) is 9.18 Å². The van der Waals surface area contributed by atoms with Gasteiger partial charge in [0.15, 0.2) is 0 Å². The van der Waals surface area contributed by atoms with Crippen LogP contribution in [0.1, 0.15) is 15.9 Å². The molecule has 0 heterocycles. The van der Waals surface area contributed by atoms with Gasteiger partial charge in [-0.3, -0.25) is 0 Å². The van der Waals surface area contributed by atoms with E-state index in [4.69, 9.17) is 5.26 Å². The van der Waals surface area contributed by atoms with Crippen LogP contribution < -0.4 is 0 Å². The third-order valence-electron chi connectivity index (χ3n) is 1.56. The zero-order valence-corrected chi connectivity index (χ0v) is 9.33. The summed E-state index contributed by atoms with van der Waals surface area (Å²) in [6, 6.07) is 3.93. The highest BCUT2D eigenvalue weighted by Crippen LogP contribution is 2.19. The van der Waals surface area contributed by atoms with Crippen molar-refractivity contribution in [1.29, 1.82) is 5.26 Å². The van der Waals surface area contributed by atoms with E-state index >= 15 is 0 Å². The van der Waals surface area contributed by atoms with Crippen LogP contribution in [-0.4, -0.2) is 13.1 Å². The standard InChI is InChI=1S/C9H5FINO2/c1-14-9(13)8-5(4-12)2-6(10)3-7(8)11/h2-3H,1H3. The molecule has 72 valence electrons. The molecule has 0 saturated heterocycles. The molecule has 1 aromatic carbocycles. The molecule has 0 amide bonds. The van der Waals surface area contributed by atoms with Crippen molar-refractivity contribution >= 4 is 28.6 Å². The molecule has 0 atom stereocenters. The zero-order chi connectivity index (χ0) is 10.7. The minimum Gasteiger partial charge on any atom is -0.465 e. The number of ether oxygens (including phenoxy) is 1. The van der Waals surface area contributed by atoms with E-state index in [2.05, 4.69) is 4.74 Å². The number of benzene rings is 1. The van der Waals surface area contributed by atoms with Crippen LogP contribution in [0.25, 0.3) is 0 Å². The Morgan fingerprint density at radius 1 is 1.64 bits per heavy atom. The second-order valence-electron chi connectivity index (χ2n) is 2.41. The maximum absolute atomic E-state index is 12.9. The fraction of sp³-hybridized carbons (Fsp3) is 0.111. The van der Waals surface area contributed by atoms with Crippen molar-refractivity contribution in [3.63, 3.8) is 0 Å². The Balaban J connectivity index is 3.42. The number of nitriles is 1. The highest BCUT2D eigenvalue weighted by Gasteiger charge is 2.17. The van der Waals surface area contributed by atoms with E-state index in [-0.39, 0.29) is 11.1 Å². The normalized spacial score (nSPS) is 9.29. The third-order valence-corrected chi connectivity index (χ3v) is 2.42. The summed E-state index contributed by atoms with van der Waals surface area (Å²) >= 11 is 1.78. The number of rotatable bonds is 1. The Hall–Kier alpha value is -1.16. The first-order valence-corrected chi connectivity index (χ1v) is 4.65. The maximum Gasteiger partial charge on any atom is 0.340 e. The molecular formula is C9H5FINO2. The number of nitrogens with zero attached hydrogens (tertiary/aromatic N) is 1. The van der Waals surface area contributed by atoms with Gasteiger partial charge in [0, 0.05) is 3.57 Å². The van der Waals surface area contributed by atoms with Gasteiger partial charge in [0.1, 0.15) is 11.9 Å². The number of hydrogen-bond donors (Lipinski definition) is 0. The summed E-state index contributed by atoms with van der Waals surface area (Å²) in [6.07, 6.45) is 0. The van der Waals surface area contributed by atoms with Gasteiger partial charge < -0.3 is 4.74 Å². The fourth-order valence-corrected chi connectivity index (χ4v) is 1.78. The van der Waals surface area contributed by atoms with Crippen molar-refractivity contribution in [2.24, 2.45) is 0 Å². The summed E-state index contributed by atoms with van der Waals surface area (Å²) in [5.74, 6) is -1.18. The van der Waals surface area contributed by atoms with E-state index in [0.29, 0.717) is 3.57 Å². The maximum atomic E-state index is 12.9. The first-order chi connectivity index (χ1) is 6.60. The van der Waals surface area contributed by atoms with Crippen molar-refractivity contribution in [3.8, 4) is 6.07 Å². The van der Waals surface area contributed by atoms with Crippen LogP contribution in [0.4, 0.5) is 4.39 Å². The molecule has 0 unspecified atom stereocenters. The van der Waals surface area contributed by atoms with E-state index in [0.717, 1.165) is 6.07 Å². The van der Waals surface area contributed by atoms with Crippen LogP contribution in [0.5, 0.6) is 0 Å². The van der Waals surface area contributed by atoms with Gasteiger partial charge in [0.05, 0.1) is 18.2 Å². The van der Waals surface area contributed by atoms with Crippen LogP contribution in [0, 0.1) is 20.7 Å². The lowest BCUT2D eigenvalue weighted by Crippen LogP contribution is -2.07. The van der Waals surface area contributed by atoms with Gasteiger partial charge in [-0.25, -0.2) is 9.18 Å². The molecule has 5 heteroatoms. The van der Waals surface area contributed by atoms with E-state index in [1.54, 1.807) is 28.7 Å². The smallest absolute Gasteiger partial charge is 0.340 e. The van der Waals surface area contributed by atoms with E-state index in [1.165, 1.54) is 13.2 Å². The number of carbonyl (C=O) groups is 1. The van der Waals surface area contributed by atoms with Crippen molar-refractivity contribution < 1.29 is 13.9 Å². The molecule has 0 radical (unpaired) electrons. The Labute approximate surface area is 93.6 Å². The Bertz CT molecular complexity index is 426. The monoisotopic (exact) mass is 305 g/mol. The van der Waals surface area contributed by atoms with Gasteiger partial charge in [0.25, 0.3) is 0 Å². The molecule has 0 aliphatic carbocycles. The second kappa shape index (κ2) is 4.37. The minimum atomic E-state index is -0.633. The number of esters is 1. The SMILES string of the molecule is COC(=O)c1c(I)cc(F)cc1C#N. The predicted octanol–water partition coefficient (Wildman–Crippen LogP) is 2.09. The third kappa shape index (κ3) is 2.01. The van der Waals surface area contributed by atoms with Crippen LogP contribution in [-0.2, 0) is 4.74 Å². The highest BCUT2D eigenvalue weighted by molar-refractivity contribution is 14.1. The molecule has 1 rings (SSSR count). The molecule has 0 aliphatic rings. The first-order valence-electron chi connectivity index (χ1n) is 3.57. The van der Waals surface area contributed by atoms with Crippen molar-refractivity contribution in [2.45, 2.75) is 0 Å². The van der Waals surface area contributed by atoms with Gasteiger partial charge in [0.2, 0.25) is 0 Å². The van der Waals surface area contributed by atoms with E-state index in [1.807, 2.05) is 0 Å². The molecule has 14 heavy (non-hydrogen) atoms. The van der Waals surface area contributed by atoms with Gasteiger partial charge in [-0.05, 0) is 34.7 Å². The average Bonchev–Trinajstić information content (AvgIpc) is 2.15. The fourth-order valence-electron chi connectivity index (χ4n) is 0.971. The lowest BCUT2D eigenvalue weighted by atomic mass is 10.1. The zero-order valence-electron chi connectivity index (χ0n) is 7.17. The Kier molecular flexibility index (Phi) is 3.41. The molecule has 0 bridgehead atoms. The topological polar surface area (TPSA) is 50.1 Å². The van der Waals surface area contributed by atoms with Crippen LogP contribution >= 0.6 is 22.6 Å². The van der Waals surface area contributed by atoms with Crippen molar-refractivity contribution in [1.82, 2.24) is 0 Å². The summed E-state index contributed by atoms with van der Waals surface area (Å²) in [5, 5.41) is 8.68. The number of hydrogen-bond acceptors (Lipinski definition) is 3. The Morgan fingerprint density at radius 3 is 2.79 bits per heavy atom. The van der Waals surface area contributed by atoms with E-state index < -0.39 is 11.8 Å². The lowest BCUT2D eigenvalue weighted by molar-refractivity contribution is 0.0599. The Morgan fingerprint density at radius 2 is 2.29 bits per heavy atom. The largest absolute Gasteiger partial charge is 0.465 e. The van der Waals surface area contributed by atoms with Gasteiger partial charge >= 0.3 is 5.97 Å². The number of carbonyl (C=O) groups excluding carboxylic acids is 1. The summed E-state index contributed by atoms with van der Waals surface area (Å²) in [7, 11) is 1.21. The molecule has 0 fully saturated rings. The van der Waals surface area contributed by atoms with Crippen LogP contribution in [0.15, 0.2) is 12.1 Å². The summed E-state index contributed by atoms with van der Waals surface area (Å²) < 4.78 is 17.7. The lowest BCUT2D eigenvalue weighted by Gasteiger charge is -2.04. The molecule has 0 saturated carbocycles. The summed E-state index contributed by atoms with van der Waals surface area (Å²) in [6.45, 7) is 0. The van der Waals surface area contributed by atoms with Crippen molar-refractivity contribution in [2.75, 3.05) is 7.11 Å². The molecule has 0 N–H and O–H groups in total. The predicted molar refractivity (Wildman–Crippen MR) is 55.2 cm³/mol. The van der Waals surface area contributed by atoms with Gasteiger partial charge in [-0.15, -0.1) is 0 Å². The van der Waals surface area contributed by atoms with Crippen LogP contribution in [0.3, 0.4) is 0 Å². The van der Waals surface area contributed by atoms with Crippen molar-refractivity contribution in [3.05, 3.63) is 32.6 Å². The van der Waals surface area contributed by atoms with Crippen LogP contribution in [0.2, 0.25) is 0 Å². The van der Waals surface area contributed by atoms with Gasteiger partial charge in [-0.2, -0.15) is 5.26 Å². The molecule has 0 aliphatic heterocycles. The molecule has 0 aromatic heterocycles. The van der Waals surface area contributed by atoms with Gasteiger partial charge in [-0.1, -0.05) is 0 Å². The molecule has 1 aromatic rings. The first kappa shape index (κ1) is 10.9. The number of halogens is 2. The second-order valence-corrected chi connectivity index (χ2v) is 3.58. The number of methoxy groups -OCH3 is 1. The quantitative estimate of drug-likeness (QED) is 0.590. The molecular weight excluding hydrogens is 300 g/mol.